The van der Waals surface area contributed by atoms with E-state index >= 15 is 0 Å². The summed E-state index contributed by atoms with van der Waals surface area (Å²) in [7, 11) is 0. The van der Waals surface area contributed by atoms with Gasteiger partial charge in [0.15, 0.2) is 0 Å². The van der Waals surface area contributed by atoms with Crippen molar-refractivity contribution >= 4 is 33.3 Å². The molecule has 0 unspecified atom stereocenters. The van der Waals surface area contributed by atoms with Crippen molar-refractivity contribution in [3.05, 3.63) is 16.3 Å². The van der Waals surface area contributed by atoms with Gasteiger partial charge in [0.2, 0.25) is 5.91 Å². The minimum atomic E-state index is -0.346. The van der Waals surface area contributed by atoms with Crippen LogP contribution in [0.15, 0.2) is 0 Å². The fourth-order valence-electron chi connectivity index (χ4n) is 4.76. The number of hydrogen-bond donors (Lipinski definition) is 2. The number of thiophene rings is 1. The molecule has 30 heavy (non-hydrogen) atoms. The summed E-state index contributed by atoms with van der Waals surface area (Å²) in [6.07, 6.45) is 3.42. The van der Waals surface area contributed by atoms with Crippen molar-refractivity contribution in [3.63, 3.8) is 0 Å². The Morgan fingerprint density at radius 3 is 2.93 bits per heavy atom. The molecule has 8 nitrogen and oxygen atoms in total. The van der Waals surface area contributed by atoms with Crippen LogP contribution in [-0.4, -0.2) is 72.8 Å². The second-order valence-corrected chi connectivity index (χ2v) is 9.82. The second kappa shape index (κ2) is 8.37. The lowest BCUT2D eigenvalue weighted by Crippen LogP contribution is -2.56. The van der Waals surface area contributed by atoms with Gasteiger partial charge < -0.3 is 20.7 Å². The van der Waals surface area contributed by atoms with Gasteiger partial charge in [-0.1, -0.05) is 6.92 Å². The van der Waals surface area contributed by atoms with E-state index in [2.05, 4.69) is 22.0 Å². The molecular formula is C21H30N6O2S. The zero-order chi connectivity index (χ0) is 20.7. The molecule has 0 bridgehead atoms. The molecule has 1 aliphatic carbocycles. The Morgan fingerprint density at radius 2 is 2.13 bits per heavy atom. The third kappa shape index (κ3) is 3.91. The van der Waals surface area contributed by atoms with E-state index in [1.807, 2.05) is 11.3 Å². The quantitative estimate of drug-likeness (QED) is 0.744. The Balaban J connectivity index is 1.55. The molecule has 2 atom stereocenters. The summed E-state index contributed by atoms with van der Waals surface area (Å²) in [5.74, 6) is 2.26. The molecule has 0 radical (unpaired) electrons. The molecule has 9 heteroatoms. The highest BCUT2D eigenvalue weighted by Crippen LogP contribution is 2.41. The number of morpholine rings is 1. The number of rotatable bonds is 4. The molecule has 2 aromatic heterocycles. The number of fused-ring (bicyclic) bond motifs is 3. The number of nitrogens with one attached hydrogen (secondary N) is 1. The van der Waals surface area contributed by atoms with Crippen molar-refractivity contribution in [1.82, 2.24) is 20.2 Å². The maximum Gasteiger partial charge on any atom is 0.236 e. The van der Waals surface area contributed by atoms with E-state index in [-0.39, 0.29) is 11.9 Å². The van der Waals surface area contributed by atoms with Crippen LogP contribution in [-0.2, 0) is 28.9 Å². The van der Waals surface area contributed by atoms with Crippen LogP contribution in [0.4, 0.5) is 5.82 Å². The lowest BCUT2D eigenvalue weighted by Gasteiger charge is -2.34. The van der Waals surface area contributed by atoms with Gasteiger partial charge in [-0.05, 0) is 30.7 Å². The summed E-state index contributed by atoms with van der Waals surface area (Å²) in [5, 5.41) is 4.44. The van der Waals surface area contributed by atoms with Crippen LogP contribution in [0.2, 0.25) is 0 Å². The first kappa shape index (κ1) is 20.1. The highest BCUT2D eigenvalue weighted by Gasteiger charge is 2.30. The van der Waals surface area contributed by atoms with E-state index in [0.717, 1.165) is 75.3 Å². The number of carbonyl (C=O) groups excluding carboxylic acids is 1. The summed E-state index contributed by atoms with van der Waals surface area (Å²) in [6.45, 7) is 8.50. The Morgan fingerprint density at radius 1 is 1.30 bits per heavy atom. The SMILES string of the molecule is C[C@H]1CCc2c(sc3nc(CN4CCOCC4)nc(N4CCN[C@@H](C(N)=O)C4)c23)C1. The summed E-state index contributed by atoms with van der Waals surface area (Å²) >= 11 is 1.84. The largest absolute Gasteiger partial charge is 0.379 e. The van der Waals surface area contributed by atoms with Gasteiger partial charge in [0.05, 0.1) is 25.1 Å². The van der Waals surface area contributed by atoms with Gasteiger partial charge in [0.1, 0.15) is 22.5 Å². The lowest BCUT2D eigenvalue weighted by atomic mass is 9.89. The van der Waals surface area contributed by atoms with Crippen molar-refractivity contribution in [1.29, 1.82) is 0 Å². The van der Waals surface area contributed by atoms with Crippen LogP contribution < -0.4 is 16.0 Å². The van der Waals surface area contributed by atoms with Gasteiger partial charge in [0.25, 0.3) is 0 Å². The molecule has 2 saturated heterocycles. The highest BCUT2D eigenvalue weighted by atomic mass is 32.1. The minimum Gasteiger partial charge on any atom is -0.379 e. The molecule has 2 aromatic rings. The number of nitrogens with two attached hydrogens (primary N) is 1. The van der Waals surface area contributed by atoms with Crippen LogP contribution >= 0.6 is 11.3 Å². The topological polar surface area (TPSA) is 96.6 Å². The maximum absolute atomic E-state index is 11.8. The Kier molecular flexibility index (Phi) is 5.61. The van der Waals surface area contributed by atoms with Gasteiger partial charge in [-0.2, -0.15) is 0 Å². The van der Waals surface area contributed by atoms with Crippen molar-refractivity contribution in [2.45, 2.75) is 38.8 Å². The van der Waals surface area contributed by atoms with Gasteiger partial charge in [-0.3, -0.25) is 9.69 Å². The molecule has 2 fully saturated rings. The summed E-state index contributed by atoms with van der Waals surface area (Å²) in [6, 6.07) is -0.346. The molecule has 5 rings (SSSR count). The Hall–Kier alpha value is -1.81. The number of anilines is 1. The fourth-order valence-corrected chi connectivity index (χ4v) is 6.15. The number of nitrogens with zero attached hydrogens (tertiary/aromatic N) is 4. The highest BCUT2D eigenvalue weighted by molar-refractivity contribution is 7.19. The number of carbonyl (C=O) groups is 1. The van der Waals surface area contributed by atoms with Crippen molar-refractivity contribution in [3.8, 4) is 0 Å². The number of hydrogen-bond acceptors (Lipinski definition) is 8. The van der Waals surface area contributed by atoms with Crippen LogP contribution in [0.5, 0.6) is 0 Å². The molecule has 2 aliphatic heterocycles. The summed E-state index contributed by atoms with van der Waals surface area (Å²) in [5.41, 5.74) is 7.03. The van der Waals surface area contributed by atoms with E-state index in [4.69, 9.17) is 20.4 Å². The first-order chi connectivity index (χ1) is 14.6. The van der Waals surface area contributed by atoms with E-state index < -0.39 is 0 Å². The van der Waals surface area contributed by atoms with Gasteiger partial charge in [-0.15, -0.1) is 11.3 Å². The van der Waals surface area contributed by atoms with Crippen molar-refractivity contribution in [2.24, 2.45) is 11.7 Å². The van der Waals surface area contributed by atoms with Crippen LogP contribution in [0.1, 0.15) is 29.6 Å². The average Bonchev–Trinajstić information content (AvgIpc) is 3.11. The standard InChI is InChI=1S/C21H30N6O2S/c1-13-2-3-14-16(10-13)30-21-18(14)20(27-5-4-23-15(11-27)19(22)28)24-17(25-21)12-26-6-8-29-9-7-26/h13,15,23H,2-12H2,1H3,(H2,22,28)/t13-,15+/m0/s1. The molecule has 1 amide bonds. The van der Waals surface area contributed by atoms with Gasteiger partial charge in [-0.25, -0.2) is 9.97 Å². The molecule has 0 aromatic carbocycles. The fraction of sp³-hybridized carbons (Fsp3) is 0.667. The predicted molar refractivity (Wildman–Crippen MR) is 118 cm³/mol. The first-order valence-electron chi connectivity index (χ1n) is 11.0. The lowest BCUT2D eigenvalue weighted by molar-refractivity contribution is -0.120. The van der Waals surface area contributed by atoms with Gasteiger partial charge >= 0.3 is 0 Å². The van der Waals surface area contributed by atoms with Crippen LogP contribution in [0.3, 0.4) is 0 Å². The Labute approximate surface area is 180 Å². The summed E-state index contributed by atoms with van der Waals surface area (Å²) in [4.78, 5) is 29.0. The second-order valence-electron chi connectivity index (χ2n) is 8.74. The van der Waals surface area contributed by atoms with E-state index in [9.17, 15) is 4.79 Å². The molecule has 3 aliphatic rings. The molecule has 0 spiro atoms. The normalized spacial score (nSPS) is 25.4. The van der Waals surface area contributed by atoms with Gasteiger partial charge in [0, 0.05) is 37.6 Å². The van der Waals surface area contributed by atoms with E-state index in [1.54, 1.807) is 0 Å². The molecule has 162 valence electrons. The minimum absolute atomic E-state index is 0.306. The predicted octanol–water partition coefficient (Wildman–Crippen LogP) is 0.912. The van der Waals surface area contributed by atoms with Crippen LogP contribution in [0.25, 0.3) is 10.2 Å². The van der Waals surface area contributed by atoms with Crippen LogP contribution in [0, 0.1) is 5.92 Å². The zero-order valence-electron chi connectivity index (χ0n) is 17.5. The number of amides is 1. The average molecular weight is 431 g/mol. The Bertz CT molecular complexity index is 941. The number of aryl methyl sites for hydroxylation is 1. The molecule has 0 saturated carbocycles. The third-order valence-corrected chi connectivity index (χ3v) is 7.62. The number of piperazine rings is 1. The number of aromatic nitrogens is 2. The molecular weight excluding hydrogens is 400 g/mol. The molecule has 3 N–H and O–H groups in total. The van der Waals surface area contributed by atoms with Crippen molar-refractivity contribution in [2.75, 3.05) is 50.8 Å². The van der Waals surface area contributed by atoms with E-state index in [0.29, 0.717) is 12.5 Å². The smallest absolute Gasteiger partial charge is 0.236 e. The van der Waals surface area contributed by atoms with Crippen molar-refractivity contribution < 1.29 is 9.53 Å². The third-order valence-electron chi connectivity index (χ3n) is 6.47. The molecule has 4 heterocycles. The zero-order valence-corrected chi connectivity index (χ0v) is 18.3. The monoisotopic (exact) mass is 430 g/mol. The first-order valence-corrected chi connectivity index (χ1v) is 11.8. The summed E-state index contributed by atoms with van der Waals surface area (Å²) < 4.78 is 5.49. The number of primary amides is 1. The van der Waals surface area contributed by atoms with E-state index in [1.165, 1.54) is 22.2 Å². The number of ether oxygens (including phenoxy) is 1. The maximum atomic E-state index is 11.8.